The Morgan fingerprint density at radius 2 is 1.90 bits per heavy atom. The first kappa shape index (κ1) is 22.1. The van der Waals surface area contributed by atoms with Gasteiger partial charge in [0, 0.05) is 55.9 Å². The van der Waals surface area contributed by atoms with Crippen LogP contribution in [0.3, 0.4) is 0 Å². The van der Waals surface area contributed by atoms with Crippen molar-refractivity contribution in [3.05, 3.63) is 58.4 Å². The van der Waals surface area contributed by atoms with Crippen LogP contribution >= 0.6 is 11.3 Å². The van der Waals surface area contributed by atoms with Crippen molar-refractivity contribution in [2.45, 2.75) is 24.8 Å². The first-order valence-electron chi connectivity index (χ1n) is 11.1. The van der Waals surface area contributed by atoms with Gasteiger partial charge in [0.25, 0.3) is 5.91 Å². The smallest absolute Gasteiger partial charge is 0.253 e. The zero-order valence-corrected chi connectivity index (χ0v) is 20.0. The van der Waals surface area contributed by atoms with Gasteiger partial charge < -0.3 is 14.4 Å². The summed E-state index contributed by atoms with van der Waals surface area (Å²) in [5, 5.41) is 3.36. The van der Waals surface area contributed by atoms with E-state index in [-0.39, 0.29) is 11.4 Å². The van der Waals surface area contributed by atoms with Crippen molar-refractivity contribution in [2.75, 3.05) is 47.3 Å². The second-order valence-electron chi connectivity index (χ2n) is 9.03. The summed E-state index contributed by atoms with van der Waals surface area (Å²) in [5.74, 6) is 0.103. The van der Waals surface area contributed by atoms with E-state index in [1.807, 2.05) is 54.7 Å². The van der Waals surface area contributed by atoms with Gasteiger partial charge in [-0.25, -0.2) is 0 Å². The van der Waals surface area contributed by atoms with E-state index in [2.05, 4.69) is 52.0 Å². The van der Waals surface area contributed by atoms with Gasteiger partial charge in [-0.1, -0.05) is 12.1 Å². The Morgan fingerprint density at radius 1 is 1.13 bits per heavy atom. The van der Waals surface area contributed by atoms with E-state index in [9.17, 15) is 4.79 Å². The fourth-order valence-corrected chi connectivity index (χ4v) is 5.92. The number of rotatable bonds is 7. The van der Waals surface area contributed by atoms with Gasteiger partial charge in [-0.2, -0.15) is 0 Å². The molecule has 6 heteroatoms. The number of amides is 1. The molecule has 0 unspecified atom stereocenters. The van der Waals surface area contributed by atoms with Gasteiger partial charge in [0.1, 0.15) is 0 Å². The Balaban J connectivity index is 1.28. The van der Waals surface area contributed by atoms with Crippen LogP contribution in [0, 0.1) is 0 Å². The van der Waals surface area contributed by atoms with E-state index in [0.717, 1.165) is 56.5 Å². The van der Waals surface area contributed by atoms with E-state index in [4.69, 9.17) is 0 Å². The molecular weight excluding hydrogens is 404 g/mol. The topological polar surface area (TPSA) is 31.7 Å². The van der Waals surface area contributed by atoms with Crippen molar-refractivity contribution >= 4 is 28.1 Å². The molecular formula is C25H34N4OS. The van der Waals surface area contributed by atoms with E-state index >= 15 is 0 Å². The van der Waals surface area contributed by atoms with Gasteiger partial charge >= 0.3 is 0 Å². The number of benzene rings is 1. The molecule has 166 valence electrons. The van der Waals surface area contributed by atoms with Crippen LogP contribution in [0.2, 0.25) is 0 Å². The number of aryl methyl sites for hydroxylation is 1. The Bertz CT molecular complexity index is 1020. The highest BCUT2D eigenvalue weighted by Gasteiger charge is 2.38. The molecule has 0 N–H and O–H groups in total. The lowest BCUT2D eigenvalue weighted by molar-refractivity contribution is 0.0545. The fourth-order valence-electron chi connectivity index (χ4n) is 4.85. The van der Waals surface area contributed by atoms with Crippen LogP contribution < -0.4 is 0 Å². The van der Waals surface area contributed by atoms with Crippen LogP contribution in [0.4, 0.5) is 0 Å². The van der Waals surface area contributed by atoms with Crippen LogP contribution in [0.1, 0.15) is 34.5 Å². The van der Waals surface area contributed by atoms with Crippen molar-refractivity contribution in [1.82, 2.24) is 19.3 Å². The lowest BCUT2D eigenvalue weighted by atomic mass is 9.84. The molecule has 0 bridgehead atoms. The quantitative estimate of drug-likeness (QED) is 0.553. The summed E-state index contributed by atoms with van der Waals surface area (Å²) >= 11 is 1.88. The van der Waals surface area contributed by atoms with Gasteiger partial charge in [-0.15, -0.1) is 11.3 Å². The molecule has 0 saturated carbocycles. The third kappa shape index (κ3) is 4.43. The first-order chi connectivity index (χ1) is 14.9. The summed E-state index contributed by atoms with van der Waals surface area (Å²) in [6.45, 7) is 4.04. The fraction of sp³-hybridized carbons (Fsp3) is 0.480. The average molecular weight is 439 g/mol. The molecule has 1 aromatic carbocycles. The number of aromatic nitrogens is 1. The molecule has 0 spiro atoms. The van der Waals surface area contributed by atoms with Crippen LogP contribution in [0.5, 0.6) is 0 Å². The number of fused-ring (bicyclic) bond motifs is 1. The van der Waals surface area contributed by atoms with Crippen LogP contribution in [-0.2, 0) is 12.6 Å². The lowest BCUT2D eigenvalue weighted by Crippen LogP contribution is -2.50. The van der Waals surface area contributed by atoms with Crippen LogP contribution in [0.15, 0.2) is 48.0 Å². The Kier molecular flexibility index (Phi) is 6.51. The normalized spacial score (nSPS) is 16.8. The van der Waals surface area contributed by atoms with Crippen LogP contribution in [-0.4, -0.2) is 72.5 Å². The minimum atomic E-state index is 0.103. The van der Waals surface area contributed by atoms with Crippen LogP contribution in [0.25, 0.3) is 10.9 Å². The summed E-state index contributed by atoms with van der Waals surface area (Å²) in [6, 6.07) is 12.5. The SMILES string of the molecule is CN(CCCN1CCC(c2cccs2)(N(C)C)CC1)C(=O)c1ccc2ccn(C)c2c1. The summed E-state index contributed by atoms with van der Waals surface area (Å²) in [4.78, 5) is 21.2. The molecule has 1 saturated heterocycles. The maximum absolute atomic E-state index is 12.9. The standard InChI is InChI=1S/C25H34N4OS/c1-26(2)25(23-7-5-18-31-23)11-16-29(17-12-25)14-6-13-28(4)24(30)21-9-8-20-10-15-27(3)22(20)19-21/h5,7-10,15,18-19H,6,11-14,16-17H2,1-4H3. The number of nitrogens with zero attached hydrogens (tertiary/aromatic N) is 4. The highest BCUT2D eigenvalue weighted by molar-refractivity contribution is 7.10. The van der Waals surface area contributed by atoms with Crippen molar-refractivity contribution in [3.8, 4) is 0 Å². The molecule has 1 fully saturated rings. The summed E-state index contributed by atoms with van der Waals surface area (Å²) in [5.41, 5.74) is 2.04. The molecule has 1 amide bonds. The Labute approximate surface area is 189 Å². The minimum Gasteiger partial charge on any atom is -0.351 e. The largest absolute Gasteiger partial charge is 0.351 e. The van der Waals surface area contributed by atoms with E-state index in [0.29, 0.717) is 0 Å². The second kappa shape index (κ2) is 9.15. The van der Waals surface area contributed by atoms with Crippen molar-refractivity contribution < 1.29 is 4.79 Å². The maximum Gasteiger partial charge on any atom is 0.253 e. The van der Waals surface area contributed by atoms with Gasteiger partial charge in [0.15, 0.2) is 0 Å². The van der Waals surface area contributed by atoms with Gasteiger partial charge in [-0.3, -0.25) is 9.69 Å². The number of hydrogen-bond donors (Lipinski definition) is 0. The molecule has 5 nitrogen and oxygen atoms in total. The number of carbonyl (C=O) groups excluding carboxylic acids is 1. The first-order valence-corrected chi connectivity index (χ1v) is 12.0. The van der Waals surface area contributed by atoms with Gasteiger partial charge in [0.05, 0.1) is 5.54 Å². The Morgan fingerprint density at radius 3 is 2.58 bits per heavy atom. The molecule has 0 atom stereocenters. The predicted molar refractivity (Wildman–Crippen MR) is 130 cm³/mol. The molecule has 1 aliphatic heterocycles. The van der Waals surface area contributed by atoms with Crippen molar-refractivity contribution in [2.24, 2.45) is 7.05 Å². The molecule has 4 rings (SSSR count). The number of likely N-dealkylation sites (tertiary alicyclic amines) is 1. The molecule has 3 heterocycles. The summed E-state index contributed by atoms with van der Waals surface area (Å²) in [6.07, 6.45) is 5.35. The number of thiophene rings is 1. The second-order valence-corrected chi connectivity index (χ2v) is 9.97. The molecule has 0 aliphatic carbocycles. The molecule has 2 aromatic heterocycles. The highest BCUT2D eigenvalue weighted by atomic mass is 32.1. The average Bonchev–Trinajstić information content (AvgIpc) is 3.44. The maximum atomic E-state index is 12.9. The van der Waals surface area contributed by atoms with Crippen molar-refractivity contribution in [1.29, 1.82) is 0 Å². The summed E-state index contributed by atoms with van der Waals surface area (Å²) in [7, 11) is 8.36. The van der Waals surface area contributed by atoms with E-state index in [1.165, 1.54) is 10.3 Å². The van der Waals surface area contributed by atoms with Gasteiger partial charge in [0.2, 0.25) is 0 Å². The zero-order valence-electron chi connectivity index (χ0n) is 19.2. The predicted octanol–water partition coefficient (Wildman–Crippen LogP) is 4.25. The number of piperidine rings is 1. The Hall–Kier alpha value is -2.15. The molecule has 31 heavy (non-hydrogen) atoms. The number of carbonyl (C=O) groups is 1. The van der Waals surface area contributed by atoms with Crippen molar-refractivity contribution in [3.63, 3.8) is 0 Å². The van der Waals surface area contributed by atoms with E-state index < -0.39 is 0 Å². The molecule has 1 aliphatic rings. The number of hydrogen-bond acceptors (Lipinski definition) is 4. The third-order valence-electron chi connectivity index (χ3n) is 6.97. The monoisotopic (exact) mass is 438 g/mol. The van der Waals surface area contributed by atoms with Gasteiger partial charge in [-0.05, 0) is 74.9 Å². The molecule has 3 aromatic rings. The third-order valence-corrected chi connectivity index (χ3v) is 8.03. The summed E-state index contributed by atoms with van der Waals surface area (Å²) < 4.78 is 2.06. The minimum absolute atomic E-state index is 0.103. The zero-order chi connectivity index (χ0) is 22.0. The van der Waals surface area contributed by atoms with E-state index in [1.54, 1.807) is 0 Å². The molecule has 0 radical (unpaired) electrons. The highest BCUT2D eigenvalue weighted by Crippen LogP contribution is 2.39. The lowest BCUT2D eigenvalue weighted by Gasteiger charge is -2.46.